The first-order valence-electron chi connectivity index (χ1n) is 8.50. The molecule has 0 amide bonds. The molecule has 0 saturated heterocycles. The van der Waals surface area contributed by atoms with Crippen LogP contribution in [-0.4, -0.2) is 10.3 Å². The van der Waals surface area contributed by atoms with Crippen LogP contribution < -0.4 is 0 Å². The summed E-state index contributed by atoms with van der Waals surface area (Å²) >= 11 is 6.21. The molecule has 2 nitrogen and oxygen atoms in total. The van der Waals surface area contributed by atoms with Gasteiger partial charge < -0.3 is 4.57 Å². The van der Waals surface area contributed by atoms with Crippen LogP contribution in [0, 0.1) is 18.6 Å². The number of rotatable bonds is 2. The van der Waals surface area contributed by atoms with Crippen molar-refractivity contribution >= 4 is 17.3 Å². The van der Waals surface area contributed by atoms with Gasteiger partial charge in [0.05, 0.1) is 23.5 Å². The highest BCUT2D eigenvalue weighted by atomic mass is 35.5. The summed E-state index contributed by atoms with van der Waals surface area (Å²) in [5.74, 6) is -1.26. The average molecular weight is 371 g/mol. The van der Waals surface area contributed by atoms with Gasteiger partial charge in [0, 0.05) is 22.0 Å². The van der Waals surface area contributed by atoms with Gasteiger partial charge >= 0.3 is 0 Å². The van der Waals surface area contributed by atoms with Crippen LogP contribution in [0.15, 0.2) is 47.5 Å². The maximum atomic E-state index is 14.5. The standard InChI is InChI=1S/C21H17ClF2N2/c1-3-13-9-15-11-25-21(20-17(23)5-4-6-18(20)24)16-10-14(22)7-8-19(16)26(15)12(13)2/h4-10H,3,11H2,1-2H3. The number of hydrogen-bond donors (Lipinski definition) is 0. The molecule has 132 valence electrons. The Bertz CT molecular complexity index is 1030. The molecule has 2 aromatic carbocycles. The molecule has 0 spiro atoms. The summed E-state index contributed by atoms with van der Waals surface area (Å²) in [4.78, 5) is 4.58. The van der Waals surface area contributed by atoms with E-state index >= 15 is 0 Å². The summed E-state index contributed by atoms with van der Waals surface area (Å²) in [5, 5.41) is 0.497. The Labute approximate surface area is 155 Å². The minimum absolute atomic E-state index is 0.116. The monoisotopic (exact) mass is 370 g/mol. The molecule has 0 radical (unpaired) electrons. The van der Waals surface area contributed by atoms with Crippen LogP contribution in [0.2, 0.25) is 5.02 Å². The minimum Gasteiger partial charge on any atom is -0.315 e. The van der Waals surface area contributed by atoms with Crippen LogP contribution in [-0.2, 0) is 13.0 Å². The second kappa shape index (κ2) is 6.36. The Hall–Kier alpha value is -2.46. The molecule has 0 bridgehead atoms. The quantitative estimate of drug-likeness (QED) is 0.556. The number of nitrogens with zero attached hydrogens (tertiary/aromatic N) is 2. The third-order valence-corrected chi connectivity index (χ3v) is 5.10. The van der Waals surface area contributed by atoms with Crippen molar-refractivity contribution in [3.8, 4) is 5.69 Å². The van der Waals surface area contributed by atoms with E-state index in [1.165, 1.54) is 23.8 Å². The SMILES string of the molecule is CCc1cc2n(c1C)-c1ccc(Cl)cc1C(c1c(F)cccc1F)=NC2. The van der Waals surface area contributed by atoms with E-state index in [1.54, 1.807) is 12.1 Å². The van der Waals surface area contributed by atoms with E-state index in [0.29, 0.717) is 22.8 Å². The number of aliphatic imine (C=N–C) groups is 1. The minimum atomic E-state index is -0.632. The number of hydrogen-bond acceptors (Lipinski definition) is 1. The number of fused-ring (bicyclic) bond motifs is 3. The van der Waals surface area contributed by atoms with Crippen molar-refractivity contribution < 1.29 is 8.78 Å². The first kappa shape index (κ1) is 17.0. The van der Waals surface area contributed by atoms with Crippen LogP contribution in [0.1, 0.15) is 35.0 Å². The lowest BCUT2D eigenvalue weighted by Gasteiger charge is -2.15. The largest absolute Gasteiger partial charge is 0.315 e. The number of halogens is 3. The molecule has 0 N–H and O–H groups in total. The number of benzene rings is 2. The maximum absolute atomic E-state index is 14.5. The highest BCUT2D eigenvalue weighted by molar-refractivity contribution is 6.31. The molecule has 0 saturated carbocycles. The third kappa shape index (κ3) is 2.56. The smallest absolute Gasteiger partial charge is 0.135 e. The summed E-state index contributed by atoms with van der Waals surface area (Å²) < 4.78 is 31.0. The van der Waals surface area contributed by atoms with Gasteiger partial charge in [0.25, 0.3) is 0 Å². The molecule has 1 aliphatic rings. The van der Waals surface area contributed by atoms with E-state index in [0.717, 1.165) is 23.5 Å². The van der Waals surface area contributed by atoms with Gasteiger partial charge in [-0.15, -0.1) is 0 Å². The van der Waals surface area contributed by atoms with E-state index in [1.807, 2.05) is 6.07 Å². The van der Waals surface area contributed by atoms with Crippen molar-refractivity contribution in [2.24, 2.45) is 4.99 Å². The van der Waals surface area contributed by atoms with Crippen LogP contribution in [0.3, 0.4) is 0 Å². The fourth-order valence-corrected chi connectivity index (χ4v) is 3.79. The fourth-order valence-electron chi connectivity index (χ4n) is 3.61. The fraction of sp³-hybridized carbons (Fsp3) is 0.190. The highest BCUT2D eigenvalue weighted by Gasteiger charge is 2.25. The van der Waals surface area contributed by atoms with Gasteiger partial charge in [0.2, 0.25) is 0 Å². The van der Waals surface area contributed by atoms with Crippen molar-refractivity contribution in [3.05, 3.63) is 87.2 Å². The zero-order valence-corrected chi connectivity index (χ0v) is 15.2. The topological polar surface area (TPSA) is 17.3 Å². The predicted molar refractivity (Wildman–Crippen MR) is 101 cm³/mol. The summed E-state index contributed by atoms with van der Waals surface area (Å²) in [6, 6.07) is 11.3. The lowest BCUT2D eigenvalue weighted by molar-refractivity contribution is 0.579. The van der Waals surface area contributed by atoms with E-state index < -0.39 is 11.6 Å². The average Bonchev–Trinajstić information content (AvgIpc) is 2.84. The van der Waals surface area contributed by atoms with Crippen molar-refractivity contribution in [2.45, 2.75) is 26.8 Å². The Kier molecular flexibility index (Phi) is 4.16. The molecular formula is C21H17ClF2N2. The Balaban J connectivity index is 2.04. The van der Waals surface area contributed by atoms with Gasteiger partial charge in [-0.1, -0.05) is 24.6 Å². The van der Waals surface area contributed by atoms with Gasteiger partial charge in [-0.25, -0.2) is 8.78 Å². The van der Waals surface area contributed by atoms with E-state index in [9.17, 15) is 8.78 Å². The van der Waals surface area contributed by atoms with Gasteiger partial charge in [-0.05, 0) is 55.3 Å². The van der Waals surface area contributed by atoms with Gasteiger partial charge in [-0.3, -0.25) is 4.99 Å². The lowest BCUT2D eigenvalue weighted by Crippen LogP contribution is -2.12. The van der Waals surface area contributed by atoms with Crippen molar-refractivity contribution in [3.63, 3.8) is 0 Å². The van der Waals surface area contributed by atoms with E-state index in [-0.39, 0.29) is 5.56 Å². The molecule has 0 aliphatic carbocycles. The summed E-state index contributed by atoms with van der Waals surface area (Å²) in [5.41, 5.74) is 4.97. The molecule has 5 heteroatoms. The second-order valence-electron chi connectivity index (χ2n) is 6.36. The molecule has 2 heterocycles. The summed E-state index contributed by atoms with van der Waals surface area (Å²) in [7, 11) is 0. The van der Waals surface area contributed by atoms with Crippen molar-refractivity contribution in [2.75, 3.05) is 0 Å². The van der Waals surface area contributed by atoms with Crippen LogP contribution in [0.25, 0.3) is 5.69 Å². The molecule has 3 aromatic rings. The molecule has 26 heavy (non-hydrogen) atoms. The Morgan fingerprint density at radius 1 is 1.12 bits per heavy atom. The normalized spacial score (nSPS) is 13.0. The zero-order chi connectivity index (χ0) is 18.4. The zero-order valence-electron chi connectivity index (χ0n) is 14.5. The molecule has 4 rings (SSSR count). The third-order valence-electron chi connectivity index (χ3n) is 4.86. The Morgan fingerprint density at radius 2 is 1.85 bits per heavy atom. The van der Waals surface area contributed by atoms with Crippen molar-refractivity contribution in [1.29, 1.82) is 0 Å². The summed E-state index contributed by atoms with van der Waals surface area (Å²) in [6.45, 7) is 4.50. The summed E-state index contributed by atoms with van der Waals surface area (Å²) in [6.07, 6.45) is 0.910. The first-order chi connectivity index (χ1) is 12.5. The van der Waals surface area contributed by atoms with Gasteiger partial charge in [0.15, 0.2) is 0 Å². The molecule has 0 fully saturated rings. The first-order valence-corrected chi connectivity index (χ1v) is 8.88. The molecule has 1 aliphatic heterocycles. The molecular weight excluding hydrogens is 354 g/mol. The predicted octanol–water partition coefficient (Wildman–Crippen LogP) is 5.63. The lowest BCUT2D eigenvalue weighted by atomic mass is 9.99. The molecule has 0 unspecified atom stereocenters. The highest BCUT2D eigenvalue weighted by Crippen LogP contribution is 2.32. The van der Waals surface area contributed by atoms with E-state index in [4.69, 9.17) is 11.6 Å². The van der Waals surface area contributed by atoms with Gasteiger partial charge in [-0.2, -0.15) is 0 Å². The van der Waals surface area contributed by atoms with Crippen LogP contribution in [0.4, 0.5) is 8.78 Å². The maximum Gasteiger partial charge on any atom is 0.135 e. The Morgan fingerprint density at radius 3 is 2.54 bits per heavy atom. The van der Waals surface area contributed by atoms with E-state index in [2.05, 4.69) is 29.5 Å². The van der Waals surface area contributed by atoms with Crippen molar-refractivity contribution in [1.82, 2.24) is 4.57 Å². The molecule has 0 atom stereocenters. The van der Waals surface area contributed by atoms with Crippen LogP contribution in [0.5, 0.6) is 0 Å². The second-order valence-corrected chi connectivity index (χ2v) is 6.79. The molecule has 1 aromatic heterocycles. The number of aromatic nitrogens is 1. The number of aryl methyl sites for hydroxylation is 1. The van der Waals surface area contributed by atoms with Crippen LogP contribution >= 0.6 is 11.6 Å². The van der Waals surface area contributed by atoms with Gasteiger partial charge in [0.1, 0.15) is 11.6 Å².